The molecular formula is C27H32F3N3O4. The van der Waals surface area contributed by atoms with Gasteiger partial charge in [-0.2, -0.15) is 13.2 Å². The Morgan fingerprint density at radius 2 is 1.92 bits per heavy atom. The van der Waals surface area contributed by atoms with Gasteiger partial charge in [0, 0.05) is 24.5 Å². The molecule has 200 valence electrons. The van der Waals surface area contributed by atoms with Crippen molar-refractivity contribution in [1.29, 1.82) is 0 Å². The number of hydrogen-bond acceptors (Lipinski definition) is 6. The number of aliphatic hydroxyl groups is 1. The van der Waals surface area contributed by atoms with Crippen LogP contribution < -0.4 is 4.74 Å². The highest BCUT2D eigenvalue weighted by Crippen LogP contribution is 2.38. The number of rotatable bonds is 11. The van der Waals surface area contributed by atoms with Gasteiger partial charge in [-0.25, -0.2) is 4.98 Å². The minimum atomic E-state index is -4.54. The van der Waals surface area contributed by atoms with E-state index >= 15 is 0 Å². The van der Waals surface area contributed by atoms with Gasteiger partial charge < -0.3 is 19.1 Å². The molecule has 1 N–H and O–H groups in total. The number of alkyl halides is 3. The fourth-order valence-corrected chi connectivity index (χ4v) is 4.15. The second-order valence-corrected chi connectivity index (χ2v) is 8.56. The number of ether oxygens (including phenoxy) is 2. The van der Waals surface area contributed by atoms with E-state index in [1.165, 1.54) is 13.2 Å². The van der Waals surface area contributed by atoms with E-state index < -0.39 is 23.9 Å². The molecule has 0 aliphatic carbocycles. The Balaban J connectivity index is 2.03. The fourth-order valence-electron chi connectivity index (χ4n) is 4.15. The van der Waals surface area contributed by atoms with Crippen molar-refractivity contribution in [2.45, 2.75) is 52.7 Å². The Bertz CT molecular complexity index is 1210. The van der Waals surface area contributed by atoms with E-state index in [0.29, 0.717) is 34.5 Å². The summed E-state index contributed by atoms with van der Waals surface area (Å²) in [6.07, 6.45) is -2.12. The van der Waals surface area contributed by atoms with Crippen LogP contribution in [0, 0.1) is 6.92 Å². The first kappa shape index (κ1) is 28.2. The molecule has 7 nitrogen and oxygen atoms in total. The van der Waals surface area contributed by atoms with Gasteiger partial charge >= 0.3 is 12.1 Å². The van der Waals surface area contributed by atoms with Crippen molar-refractivity contribution < 1.29 is 32.5 Å². The molecule has 0 saturated carbocycles. The summed E-state index contributed by atoms with van der Waals surface area (Å²) in [5.74, 6) is 0.769. The molecule has 0 aliphatic heterocycles. The number of hydrogen-bond donors (Lipinski definition) is 1. The van der Waals surface area contributed by atoms with Gasteiger partial charge in [0.25, 0.3) is 0 Å². The van der Waals surface area contributed by atoms with E-state index in [1.54, 1.807) is 47.0 Å². The first-order valence-electron chi connectivity index (χ1n) is 12.0. The van der Waals surface area contributed by atoms with Gasteiger partial charge in [0.1, 0.15) is 17.8 Å². The Hall–Kier alpha value is -3.37. The van der Waals surface area contributed by atoms with Gasteiger partial charge in [0.15, 0.2) is 0 Å². The number of nitrogens with zero attached hydrogens (tertiary/aromatic N) is 3. The van der Waals surface area contributed by atoms with E-state index in [4.69, 9.17) is 9.47 Å². The van der Waals surface area contributed by atoms with Crippen molar-refractivity contribution in [3.05, 3.63) is 71.3 Å². The molecule has 3 rings (SSSR count). The van der Waals surface area contributed by atoms with Crippen molar-refractivity contribution in [3.63, 3.8) is 0 Å². The van der Waals surface area contributed by atoms with Crippen molar-refractivity contribution >= 4 is 5.97 Å². The SMILES string of the molecule is CCOC(=O)Cc1ccc(OC)c(-c2ccc(C(F)(F)F)cc2CN(CC)C(O)Cn2ccnc2C)c1. The summed E-state index contributed by atoms with van der Waals surface area (Å²) in [5.41, 5.74) is 1.28. The number of halogens is 3. The molecule has 0 amide bonds. The number of carbonyl (C=O) groups excluding carboxylic acids is 1. The van der Waals surface area contributed by atoms with Crippen molar-refractivity contribution in [3.8, 4) is 16.9 Å². The van der Waals surface area contributed by atoms with Gasteiger partial charge in [-0.1, -0.05) is 19.1 Å². The number of aryl methyl sites for hydroxylation is 1. The molecule has 2 aromatic carbocycles. The number of methoxy groups -OCH3 is 1. The molecule has 0 aliphatic rings. The Morgan fingerprint density at radius 1 is 1.16 bits per heavy atom. The summed E-state index contributed by atoms with van der Waals surface area (Å²) < 4.78 is 53.3. The quantitative estimate of drug-likeness (QED) is 0.289. The second kappa shape index (κ2) is 12.2. The van der Waals surface area contributed by atoms with Gasteiger partial charge in [-0.3, -0.25) is 9.69 Å². The van der Waals surface area contributed by atoms with E-state index in [-0.39, 0.29) is 26.1 Å². The first-order chi connectivity index (χ1) is 17.6. The molecule has 1 atom stereocenters. The lowest BCUT2D eigenvalue weighted by Gasteiger charge is -2.28. The van der Waals surface area contributed by atoms with E-state index in [2.05, 4.69) is 4.98 Å². The van der Waals surface area contributed by atoms with Crippen molar-refractivity contribution in [1.82, 2.24) is 14.5 Å². The molecule has 1 unspecified atom stereocenters. The molecule has 1 heterocycles. The highest BCUT2D eigenvalue weighted by molar-refractivity contribution is 5.77. The molecule has 0 bridgehead atoms. The maximum absolute atomic E-state index is 13.7. The lowest BCUT2D eigenvalue weighted by atomic mass is 9.94. The summed E-state index contributed by atoms with van der Waals surface area (Å²) in [4.78, 5) is 17.9. The Morgan fingerprint density at radius 3 is 2.51 bits per heavy atom. The molecule has 1 aromatic heterocycles. The molecular weight excluding hydrogens is 487 g/mol. The smallest absolute Gasteiger partial charge is 0.416 e. The van der Waals surface area contributed by atoms with Gasteiger partial charge in [-0.05, 0) is 61.3 Å². The van der Waals surface area contributed by atoms with E-state index in [0.717, 1.165) is 18.0 Å². The Kier molecular flexibility index (Phi) is 9.34. The lowest BCUT2D eigenvalue weighted by Crippen LogP contribution is -2.38. The number of aliphatic hydroxyl groups excluding tert-OH is 1. The molecule has 37 heavy (non-hydrogen) atoms. The standard InChI is InChI=1S/C27H32F3N3O4/c1-5-32(25(34)17-33-12-11-31-18(33)3)16-20-15-21(27(28,29)30)8-9-22(20)23-13-19(7-10-24(23)36-4)14-26(35)37-6-2/h7-13,15,25,34H,5-6,14,16-17H2,1-4H3. The third-order valence-corrected chi connectivity index (χ3v) is 6.13. The normalized spacial score (nSPS) is 12.6. The van der Waals surface area contributed by atoms with Crippen molar-refractivity contribution in [2.75, 3.05) is 20.3 Å². The number of likely N-dealkylation sites (N-methyl/N-ethyl adjacent to an activating group) is 1. The average Bonchev–Trinajstić information content (AvgIpc) is 3.25. The maximum atomic E-state index is 13.7. The van der Waals surface area contributed by atoms with E-state index in [1.807, 2.05) is 13.8 Å². The zero-order valence-corrected chi connectivity index (χ0v) is 21.4. The molecule has 0 fully saturated rings. The zero-order chi connectivity index (χ0) is 27.2. The molecule has 0 spiro atoms. The monoisotopic (exact) mass is 519 g/mol. The number of benzene rings is 2. The second-order valence-electron chi connectivity index (χ2n) is 8.56. The van der Waals surface area contributed by atoms with Crippen molar-refractivity contribution in [2.24, 2.45) is 0 Å². The van der Waals surface area contributed by atoms with Crippen LogP contribution in [0.2, 0.25) is 0 Å². The number of carbonyl (C=O) groups is 1. The molecule has 0 saturated heterocycles. The maximum Gasteiger partial charge on any atom is 0.416 e. The zero-order valence-electron chi connectivity index (χ0n) is 21.4. The van der Waals surface area contributed by atoms with Crippen LogP contribution in [-0.4, -0.2) is 52.0 Å². The van der Waals surface area contributed by atoms with Crippen LogP contribution in [0.25, 0.3) is 11.1 Å². The summed E-state index contributed by atoms with van der Waals surface area (Å²) in [7, 11) is 1.48. The fraction of sp³-hybridized carbons (Fsp3) is 0.407. The van der Waals surface area contributed by atoms with Crippen LogP contribution in [0.1, 0.15) is 36.4 Å². The third kappa shape index (κ3) is 7.11. The van der Waals surface area contributed by atoms with Gasteiger partial charge in [0.05, 0.1) is 32.2 Å². The van der Waals surface area contributed by atoms with Gasteiger partial charge in [0.2, 0.25) is 0 Å². The largest absolute Gasteiger partial charge is 0.496 e. The van der Waals surface area contributed by atoms with Crippen LogP contribution in [-0.2, 0) is 35.2 Å². The lowest BCUT2D eigenvalue weighted by molar-refractivity contribution is -0.142. The summed E-state index contributed by atoms with van der Waals surface area (Å²) >= 11 is 0. The number of aromatic nitrogens is 2. The Labute approximate surface area is 214 Å². The predicted molar refractivity (Wildman–Crippen MR) is 133 cm³/mol. The minimum Gasteiger partial charge on any atom is -0.496 e. The topological polar surface area (TPSA) is 76.8 Å². The highest BCUT2D eigenvalue weighted by Gasteiger charge is 2.32. The van der Waals surface area contributed by atoms with Gasteiger partial charge in [-0.15, -0.1) is 0 Å². The number of imidazole rings is 1. The first-order valence-corrected chi connectivity index (χ1v) is 12.0. The molecule has 0 radical (unpaired) electrons. The summed E-state index contributed by atoms with van der Waals surface area (Å²) in [6, 6.07) is 8.66. The third-order valence-electron chi connectivity index (χ3n) is 6.13. The highest BCUT2D eigenvalue weighted by atomic mass is 19.4. The predicted octanol–water partition coefficient (Wildman–Crippen LogP) is 4.83. The van der Waals surface area contributed by atoms with Crippen LogP contribution in [0.4, 0.5) is 13.2 Å². The molecule has 10 heteroatoms. The molecule has 3 aromatic rings. The number of esters is 1. The minimum absolute atomic E-state index is 0.0187. The average molecular weight is 520 g/mol. The van der Waals surface area contributed by atoms with Crippen LogP contribution >= 0.6 is 0 Å². The van der Waals surface area contributed by atoms with Crippen LogP contribution in [0.3, 0.4) is 0 Å². The van der Waals surface area contributed by atoms with Crippen LogP contribution in [0.5, 0.6) is 5.75 Å². The summed E-state index contributed by atoms with van der Waals surface area (Å²) in [6.45, 7) is 6.26. The van der Waals surface area contributed by atoms with E-state index in [9.17, 15) is 23.1 Å². The van der Waals surface area contributed by atoms with Crippen LogP contribution in [0.15, 0.2) is 48.8 Å². The summed E-state index contributed by atoms with van der Waals surface area (Å²) in [5, 5.41) is 10.9.